The quantitative estimate of drug-likeness (QED) is 0.844. The number of rotatable bonds is 5. The summed E-state index contributed by atoms with van der Waals surface area (Å²) in [6.45, 7) is 6.67. The highest BCUT2D eigenvalue weighted by Gasteiger charge is 2.17. The fourth-order valence-electron chi connectivity index (χ4n) is 3.12. The summed E-state index contributed by atoms with van der Waals surface area (Å²) >= 11 is 0. The van der Waals surface area contributed by atoms with Gasteiger partial charge >= 0.3 is 0 Å². The molecule has 1 nitrogen and oxygen atoms in total. The van der Waals surface area contributed by atoms with Crippen LogP contribution in [0.2, 0.25) is 0 Å². The molecule has 2 atom stereocenters. The molecule has 0 heterocycles. The van der Waals surface area contributed by atoms with E-state index in [-0.39, 0.29) is 0 Å². The van der Waals surface area contributed by atoms with Gasteiger partial charge in [0.2, 0.25) is 0 Å². The molecule has 0 spiro atoms. The molecule has 20 heavy (non-hydrogen) atoms. The van der Waals surface area contributed by atoms with Crippen molar-refractivity contribution in [3.8, 4) is 0 Å². The topological polar surface area (TPSA) is 12.0 Å². The third-order valence-electron chi connectivity index (χ3n) is 3.88. The van der Waals surface area contributed by atoms with Crippen molar-refractivity contribution in [1.82, 2.24) is 5.32 Å². The number of aryl methyl sites for hydroxylation is 2. The highest BCUT2D eigenvalue weighted by Crippen LogP contribution is 2.25. The van der Waals surface area contributed by atoms with Crippen LogP contribution in [0, 0.1) is 19.8 Å². The highest BCUT2D eigenvalue weighted by molar-refractivity contribution is 5.29. The smallest absolute Gasteiger partial charge is 0.0346 e. The zero-order valence-corrected chi connectivity index (χ0v) is 13.0. The predicted octanol–water partition coefficient (Wildman–Crippen LogP) is 4.44. The van der Waals surface area contributed by atoms with Gasteiger partial charge in [0.15, 0.2) is 0 Å². The summed E-state index contributed by atoms with van der Waals surface area (Å²) < 4.78 is 0. The van der Waals surface area contributed by atoms with Crippen molar-refractivity contribution in [3.63, 3.8) is 0 Å². The summed E-state index contributed by atoms with van der Waals surface area (Å²) in [5.41, 5.74) is 5.51. The third kappa shape index (κ3) is 3.71. The fraction of sp³-hybridized carbons (Fsp3) is 0.368. The first-order valence-corrected chi connectivity index (χ1v) is 7.39. The van der Waals surface area contributed by atoms with Crippen molar-refractivity contribution in [2.24, 2.45) is 5.92 Å². The third-order valence-corrected chi connectivity index (χ3v) is 3.88. The number of benzene rings is 2. The van der Waals surface area contributed by atoms with Gasteiger partial charge in [0.25, 0.3) is 0 Å². The van der Waals surface area contributed by atoms with Gasteiger partial charge in [-0.05, 0) is 44.4 Å². The van der Waals surface area contributed by atoms with E-state index in [0.29, 0.717) is 12.0 Å². The lowest BCUT2D eigenvalue weighted by Gasteiger charge is -2.24. The van der Waals surface area contributed by atoms with Gasteiger partial charge in [-0.2, -0.15) is 0 Å². The van der Waals surface area contributed by atoms with Crippen molar-refractivity contribution in [3.05, 3.63) is 70.8 Å². The zero-order valence-electron chi connectivity index (χ0n) is 13.0. The second-order valence-electron chi connectivity index (χ2n) is 5.85. The van der Waals surface area contributed by atoms with Crippen molar-refractivity contribution >= 4 is 0 Å². The Hall–Kier alpha value is -1.60. The number of hydrogen-bond acceptors (Lipinski definition) is 1. The first-order chi connectivity index (χ1) is 9.60. The summed E-state index contributed by atoms with van der Waals surface area (Å²) in [5, 5.41) is 3.47. The first-order valence-electron chi connectivity index (χ1n) is 7.39. The van der Waals surface area contributed by atoms with Crippen LogP contribution in [0.3, 0.4) is 0 Å². The molecule has 0 aromatic heterocycles. The van der Waals surface area contributed by atoms with Crippen LogP contribution < -0.4 is 5.32 Å². The normalized spacial score (nSPS) is 14.0. The van der Waals surface area contributed by atoms with Crippen LogP contribution >= 0.6 is 0 Å². The minimum Gasteiger partial charge on any atom is -0.313 e. The van der Waals surface area contributed by atoms with E-state index in [4.69, 9.17) is 0 Å². The highest BCUT2D eigenvalue weighted by atomic mass is 14.9. The largest absolute Gasteiger partial charge is 0.313 e. The van der Waals surface area contributed by atoms with Crippen molar-refractivity contribution < 1.29 is 0 Å². The van der Waals surface area contributed by atoms with E-state index in [1.165, 1.54) is 22.3 Å². The Kier molecular flexibility index (Phi) is 4.97. The Morgan fingerprint density at radius 1 is 0.950 bits per heavy atom. The lowest BCUT2D eigenvalue weighted by atomic mass is 9.88. The standard InChI is InChI=1S/C19H25N/c1-14-10-15(2)12-17(11-14)13-16(3)19(20-4)18-8-6-5-7-9-18/h5-12,16,19-20H,13H2,1-4H3. The molecule has 0 saturated carbocycles. The van der Waals surface area contributed by atoms with Gasteiger partial charge in [-0.25, -0.2) is 0 Å². The van der Waals surface area contributed by atoms with E-state index in [2.05, 4.69) is 81.7 Å². The molecule has 0 aliphatic rings. The van der Waals surface area contributed by atoms with Crippen LogP contribution in [0.25, 0.3) is 0 Å². The summed E-state index contributed by atoms with van der Waals surface area (Å²) in [6.07, 6.45) is 1.10. The van der Waals surface area contributed by atoms with Gasteiger partial charge in [-0.3, -0.25) is 0 Å². The van der Waals surface area contributed by atoms with E-state index >= 15 is 0 Å². The number of hydrogen-bond donors (Lipinski definition) is 1. The van der Waals surface area contributed by atoms with Crippen LogP contribution in [0.1, 0.15) is 35.2 Å². The molecule has 0 aliphatic carbocycles. The molecule has 0 saturated heterocycles. The van der Waals surface area contributed by atoms with E-state index in [9.17, 15) is 0 Å². The van der Waals surface area contributed by atoms with Gasteiger partial charge in [-0.15, -0.1) is 0 Å². The molecule has 0 amide bonds. The van der Waals surface area contributed by atoms with Crippen LogP contribution in [-0.4, -0.2) is 7.05 Å². The van der Waals surface area contributed by atoms with Gasteiger partial charge in [0.05, 0.1) is 0 Å². The molecule has 2 aromatic carbocycles. The summed E-state index contributed by atoms with van der Waals surface area (Å²) in [7, 11) is 2.05. The summed E-state index contributed by atoms with van der Waals surface area (Å²) in [6, 6.07) is 18.0. The lowest BCUT2D eigenvalue weighted by molar-refractivity contribution is 0.409. The molecule has 0 aliphatic heterocycles. The molecule has 2 aromatic rings. The lowest BCUT2D eigenvalue weighted by Crippen LogP contribution is -2.24. The molecule has 1 heteroatoms. The molecule has 0 fully saturated rings. The Bertz CT molecular complexity index is 525. The monoisotopic (exact) mass is 267 g/mol. The Morgan fingerprint density at radius 3 is 2.10 bits per heavy atom. The number of nitrogens with one attached hydrogen (secondary N) is 1. The Morgan fingerprint density at radius 2 is 1.55 bits per heavy atom. The van der Waals surface area contributed by atoms with Gasteiger partial charge in [-0.1, -0.05) is 66.6 Å². The maximum absolute atomic E-state index is 3.47. The van der Waals surface area contributed by atoms with E-state index in [0.717, 1.165) is 6.42 Å². The van der Waals surface area contributed by atoms with Crippen molar-refractivity contribution in [1.29, 1.82) is 0 Å². The van der Waals surface area contributed by atoms with E-state index in [1.807, 2.05) is 0 Å². The van der Waals surface area contributed by atoms with Gasteiger partial charge < -0.3 is 5.32 Å². The molecule has 0 radical (unpaired) electrons. The zero-order chi connectivity index (χ0) is 14.5. The maximum Gasteiger partial charge on any atom is 0.0346 e. The minimum absolute atomic E-state index is 0.400. The predicted molar refractivity (Wildman–Crippen MR) is 87.0 cm³/mol. The van der Waals surface area contributed by atoms with E-state index in [1.54, 1.807) is 0 Å². The second kappa shape index (κ2) is 6.71. The van der Waals surface area contributed by atoms with E-state index < -0.39 is 0 Å². The molecule has 1 N–H and O–H groups in total. The van der Waals surface area contributed by atoms with Crippen LogP contribution in [0.5, 0.6) is 0 Å². The Balaban J connectivity index is 2.15. The summed E-state index contributed by atoms with van der Waals surface area (Å²) in [4.78, 5) is 0. The molecule has 2 unspecified atom stereocenters. The van der Waals surface area contributed by atoms with Crippen molar-refractivity contribution in [2.45, 2.75) is 33.2 Å². The minimum atomic E-state index is 0.400. The summed E-state index contributed by atoms with van der Waals surface area (Å²) in [5.74, 6) is 0.559. The van der Waals surface area contributed by atoms with Crippen molar-refractivity contribution in [2.75, 3.05) is 7.05 Å². The molecule has 2 rings (SSSR count). The molecule has 106 valence electrons. The molecular formula is C19H25N. The van der Waals surface area contributed by atoms with Crippen LogP contribution in [0.4, 0.5) is 0 Å². The van der Waals surface area contributed by atoms with Gasteiger partial charge in [0, 0.05) is 6.04 Å². The van der Waals surface area contributed by atoms with Crippen LogP contribution in [-0.2, 0) is 6.42 Å². The Labute approximate surface area is 123 Å². The average molecular weight is 267 g/mol. The fourth-order valence-corrected chi connectivity index (χ4v) is 3.12. The molecule has 0 bridgehead atoms. The average Bonchev–Trinajstić information content (AvgIpc) is 2.39. The first kappa shape index (κ1) is 14.8. The molecular weight excluding hydrogens is 242 g/mol. The van der Waals surface area contributed by atoms with Gasteiger partial charge in [0.1, 0.15) is 0 Å². The SMILES string of the molecule is CNC(c1ccccc1)C(C)Cc1cc(C)cc(C)c1. The maximum atomic E-state index is 3.47. The van der Waals surface area contributed by atoms with Crippen LogP contribution in [0.15, 0.2) is 48.5 Å². The second-order valence-corrected chi connectivity index (χ2v) is 5.85.